The molecule has 0 atom stereocenters. The third-order valence-corrected chi connectivity index (χ3v) is 5.37. The van der Waals surface area contributed by atoms with Crippen molar-refractivity contribution in [2.75, 3.05) is 68.4 Å². The monoisotopic (exact) mass is 414 g/mol. The van der Waals surface area contributed by atoms with Gasteiger partial charge in [-0.2, -0.15) is 5.10 Å². The van der Waals surface area contributed by atoms with E-state index in [1.54, 1.807) is 0 Å². The van der Waals surface area contributed by atoms with Crippen LogP contribution in [0, 0.1) is 0 Å². The second-order valence-electron chi connectivity index (χ2n) is 7.25. The van der Waals surface area contributed by atoms with E-state index in [0.29, 0.717) is 45.2 Å². The highest BCUT2D eigenvalue weighted by atomic mass is 16.5. The van der Waals surface area contributed by atoms with Crippen LogP contribution in [0.15, 0.2) is 24.3 Å². The summed E-state index contributed by atoms with van der Waals surface area (Å²) >= 11 is 0. The summed E-state index contributed by atoms with van der Waals surface area (Å²) in [6, 6.07) is 7.87. The SMILES string of the molecule is NC(=O)c1c(Nc2ccc(N3CCN(C(=O)N4CCOCC4)CC3)cc2)n[nH]c1N. The third-order valence-electron chi connectivity index (χ3n) is 5.37. The topological polar surface area (TPSA) is 146 Å². The lowest BCUT2D eigenvalue weighted by Crippen LogP contribution is -2.54. The van der Waals surface area contributed by atoms with E-state index in [1.165, 1.54) is 0 Å². The number of rotatable bonds is 4. The Bertz CT molecular complexity index is 899. The van der Waals surface area contributed by atoms with E-state index in [9.17, 15) is 9.59 Å². The maximum atomic E-state index is 12.6. The Kier molecular flexibility index (Phi) is 5.61. The number of piperazine rings is 1. The lowest BCUT2D eigenvalue weighted by atomic mass is 10.2. The number of amides is 3. The molecule has 0 bridgehead atoms. The van der Waals surface area contributed by atoms with Gasteiger partial charge in [-0.25, -0.2) is 4.79 Å². The zero-order valence-electron chi connectivity index (χ0n) is 16.6. The zero-order chi connectivity index (χ0) is 21.1. The molecule has 0 radical (unpaired) electrons. The van der Waals surface area contributed by atoms with Crippen molar-refractivity contribution in [1.29, 1.82) is 0 Å². The third kappa shape index (κ3) is 4.10. The molecule has 2 saturated heterocycles. The molecule has 0 saturated carbocycles. The molecular weight excluding hydrogens is 388 g/mol. The van der Waals surface area contributed by atoms with Gasteiger partial charge < -0.3 is 36.2 Å². The number of nitrogens with one attached hydrogen (secondary N) is 2. The van der Waals surface area contributed by atoms with Crippen molar-refractivity contribution in [3.05, 3.63) is 29.8 Å². The molecule has 2 aliphatic rings. The van der Waals surface area contributed by atoms with E-state index in [4.69, 9.17) is 16.2 Å². The molecule has 11 nitrogen and oxygen atoms in total. The standard InChI is InChI=1S/C19H26N8O3/c20-16-15(17(21)28)18(24-23-16)22-13-1-3-14(4-2-13)25-5-7-26(8-6-25)19(29)27-9-11-30-12-10-27/h1-4H,5-12H2,(H2,21,28)(H4,20,22,23,24). The highest BCUT2D eigenvalue weighted by Gasteiger charge is 2.26. The number of ether oxygens (including phenoxy) is 1. The summed E-state index contributed by atoms with van der Waals surface area (Å²) in [5.41, 5.74) is 13.0. The smallest absolute Gasteiger partial charge is 0.320 e. The first-order valence-corrected chi connectivity index (χ1v) is 9.90. The lowest BCUT2D eigenvalue weighted by molar-refractivity contribution is 0.0428. The van der Waals surface area contributed by atoms with E-state index in [2.05, 4.69) is 20.4 Å². The Labute approximate surface area is 173 Å². The fourth-order valence-corrected chi connectivity index (χ4v) is 3.70. The normalized spacial score (nSPS) is 17.1. The van der Waals surface area contributed by atoms with Crippen LogP contribution in [0.4, 0.5) is 27.8 Å². The molecule has 1 aromatic carbocycles. The van der Waals surface area contributed by atoms with Crippen LogP contribution in [0.5, 0.6) is 0 Å². The fraction of sp³-hybridized carbons (Fsp3) is 0.421. The van der Waals surface area contributed by atoms with Gasteiger partial charge in [-0.05, 0) is 24.3 Å². The number of hydrogen-bond acceptors (Lipinski definition) is 7. The number of aromatic nitrogens is 2. The molecule has 2 aliphatic heterocycles. The van der Waals surface area contributed by atoms with Gasteiger partial charge in [0.15, 0.2) is 5.82 Å². The molecule has 0 aliphatic carbocycles. The molecule has 2 fully saturated rings. The number of benzene rings is 1. The first kappa shape index (κ1) is 19.8. The van der Waals surface area contributed by atoms with Crippen LogP contribution in [0.2, 0.25) is 0 Å². The van der Waals surface area contributed by atoms with E-state index in [1.807, 2.05) is 34.1 Å². The second-order valence-corrected chi connectivity index (χ2v) is 7.25. The van der Waals surface area contributed by atoms with Crippen molar-refractivity contribution in [3.63, 3.8) is 0 Å². The number of nitrogen functional groups attached to an aromatic ring is 1. The van der Waals surface area contributed by atoms with Crippen LogP contribution in [0.25, 0.3) is 0 Å². The predicted octanol–water partition coefficient (Wildman–Crippen LogP) is 0.409. The summed E-state index contributed by atoms with van der Waals surface area (Å²) in [6.07, 6.45) is 0. The Hall–Kier alpha value is -3.47. The molecule has 4 rings (SSSR count). The van der Waals surface area contributed by atoms with Crippen LogP contribution in [0.1, 0.15) is 10.4 Å². The highest BCUT2D eigenvalue weighted by molar-refractivity contribution is 6.02. The fourth-order valence-electron chi connectivity index (χ4n) is 3.70. The molecular formula is C19H26N8O3. The summed E-state index contributed by atoms with van der Waals surface area (Å²) in [5, 5.41) is 9.59. The van der Waals surface area contributed by atoms with Gasteiger partial charge in [-0.3, -0.25) is 9.89 Å². The Morgan fingerprint density at radius 1 is 1.00 bits per heavy atom. The van der Waals surface area contributed by atoms with Gasteiger partial charge in [0.2, 0.25) is 0 Å². The van der Waals surface area contributed by atoms with Crippen molar-refractivity contribution in [2.24, 2.45) is 5.73 Å². The van der Waals surface area contributed by atoms with Gasteiger partial charge in [0.25, 0.3) is 5.91 Å². The van der Waals surface area contributed by atoms with Gasteiger partial charge in [-0.1, -0.05) is 0 Å². The second kappa shape index (κ2) is 8.49. The number of carbonyl (C=O) groups is 2. The molecule has 3 amide bonds. The van der Waals surface area contributed by atoms with E-state index in [0.717, 1.165) is 24.5 Å². The number of anilines is 4. The number of nitrogens with two attached hydrogens (primary N) is 2. The number of hydrogen-bond donors (Lipinski definition) is 4. The largest absolute Gasteiger partial charge is 0.383 e. The molecule has 0 unspecified atom stereocenters. The lowest BCUT2D eigenvalue weighted by Gasteiger charge is -2.39. The van der Waals surface area contributed by atoms with Gasteiger partial charge >= 0.3 is 6.03 Å². The average Bonchev–Trinajstić information content (AvgIpc) is 3.14. The van der Waals surface area contributed by atoms with Crippen molar-refractivity contribution >= 4 is 34.9 Å². The molecule has 6 N–H and O–H groups in total. The Morgan fingerprint density at radius 2 is 1.63 bits per heavy atom. The van der Waals surface area contributed by atoms with Crippen molar-refractivity contribution < 1.29 is 14.3 Å². The number of carbonyl (C=O) groups excluding carboxylic acids is 2. The first-order chi connectivity index (χ1) is 14.5. The van der Waals surface area contributed by atoms with Crippen LogP contribution in [-0.2, 0) is 4.74 Å². The molecule has 0 spiro atoms. The maximum Gasteiger partial charge on any atom is 0.320 e. The van der Waals surface area contributed by atoms with Gasteiger partial charge in [0.1, 0.15) is 11.4 Å². The number of nitrogens with zero attached hydrogens (tertiary/aromatic N) is 4. The minimum Gasteiger partial charge on any atom is -0.383 e. The molecule has 1 aromatic heterocycles. The number of morpholine rings is 1. The van der Waals surface area contributed by atoms with Crippen molar-refractivity contribution in [2.45, 2.75) is 0 Å². The molecule has 11 heteroatoms. The van der Waals surface area contributed by atoms with Crippen molar-refractivity contribution in [3.8, 4) is 0 Å². The Morgan fingerprint density at radius 3 is 2.27 bits per heavy atom. The van der Waals surface area contributed by atoms with Crippen LogP contribution in [0.3, 0.4) is 0 Å². The Balaban J connectivity index is 1.34. The van der Waals surface area contributed by atoms with Crippen LogP contribution < -0.4 is 21.7 Å². The van der Waals surface area contributed by atoms with Crippen molar-refractivity contribution in [1.82, 2.24) is 20.0 Å². The highest BCUT2D eigenvalue weighted by Crippen LogP contribution is 2.25. The molecule has 30 heavy (non-hydrogen) atoms. The first-order valence-electron chi connectivity index (χ1n) is 9.90. The van der Waals surface area contributed by atoms with Crippen LogP contribution in [-0.4, -0.2) is 84.4 Å². The summed E-state index contributed by atoms with van der Waals surface area (Å²) in [7, 11) is 0. The van der Waals surface area contributed by atoms with E-state index in [-0.39, 0.29) is 17.4 Å². The molecule has 160 valence electrons. The average molecular weight is 414 g/mol. The van der Waals surface area contributed by atoms with Crippen LogP contribution >= 0.6 is 0 Å². The van der Waals surface area contributed by atoms with E-state index < -0.39 is 5.91 Å². The van der Waals surface area contributed by atoms with Gasteiger partial charge in [0.05, 0.1) is 13.2 Å². The summed E-state index contributed by atoms with van der Waals surface area (Å²) in [6.45, 7) is 5.44. The zero-order valence-corrected chi connectivity index (χ0v) is 16.6. The number of aromatic amines is 1. The number of urea groups is 1. The van der Waals surface area contributed by atoms with E-state index >= 15 is 0 Å². The summed E-state index contributed by atoms with van der Waals surface area (Å²) < 4.78 is 5.32. The maximum absolute atomic E-state index is 12.6. The molecule has 3 heterocycles. The number of H-pyrrole nitrogens is 1. The molecule has 2 aromatic rings. The minimum atomic E-state index is -0.648. The quantitative estimate of drug-likeness (QED) is 0.567. The summed E-state index contributed by atoms with van der Waals surface area (Å²) in [5.74, 6) is -0.223. The number of primary amides is 1. The minimum absolute atomic E-state index is 0.0982. The summed E-state index contributed by atoms with van der Waals surface area (Å²) in [4.78, 5) is 30.2. The van der Waals surface area contributed by atoms with Gasteiger partial charge in [-0.15, -0.1) is 0 Å². The van der Waals surface area contributed by atoms with Gasteiger partial charge in [0, 0.05) is 50.6 Å². The predicted molar refractivity (Wildman–Crippen MR) is 113 cm³/mol.